The molecular weight excluding hydrogens is 386 g/mol. The molecule has 1 aromatic rings. The van der Waals surface area contributed by atoms with Gasteiger partial charge in [-0.05, 0) is 56.9 Å². The first-order chi connectivity index (χ1) is 12.9. The summed E-state index contributed by atoms with van der Waals surface area (Å²) in [6.07, 6.45) is 0.992. The first-order valence-corrected chi connectivity index (χ1v) is 10.7. The van der Waals surface area contributed by atoms with E-state index in [-0.39, 0.29) is 4.90 Å². The minimum Gasteiger partial charge on any atom is -0.379 e. The predicted molar refractivity (Wildman–Crippen MR) is 111 cm³/mol. The molecule has 3 N–H and O–H groups in total. The summed E-state index contributed by atoms with van der Waals surface area (Å²) in [6.45, 7) is 7.21. The number of thiocarbonyl (C=S) groups is 1. The summed E-state index contributed by atoms with van der Waals surface area (Å²) in [5.74, 6) is 0. The van der Waals surface area contributed by atoms with Crippen molar-refractivity contribution in [1.82, 2.24) is 20.4 Å². The fraction of sp³-hybridized carbons (Fsp3) is 0.529. The number of rotatable bonds is 8. The van der Waals surface area contributed by atoms with Gasteiger partial charge in [-0.2, -0.15) is 5.10 Å². The maximum Gasteiger partial charge on any atom is 0.240 e. The molecule has 1 aliphatic rings. The molecule has 0 aliphatic carbocycles. The molecular formula is C17H27N5O3S2. The highest BCUT2D eigenvalue weighted by molar-refractivity contribution is 7.89. The number of nitrogens with zero attached hydrogens (tertiary/aromatic N) is 2. The summed E-state index contributed by atoms with van der Waals surface area (Å²) >= 11 is 5.23. The van der Waals surface area contributed by atoms with Gasteiger partial charge in [0.2, 0.25) is 10.0 Å². The molecule has 8 nitrogen and oxygen atoms in total. The molecule has 1 fully saturated rings. The minimum atomic E-state index is -3.43. The van der Waals surface area contributed by atoms with E-state index in [4.69, 9.17) is 17.0 Å². The molecule has 1 heterocycles. The lowest BCUT2D eigenvalue weighted by molar-refractivity contribution is 0.0376. The Labute approximate surface area is 166 Å². The molecule has 0 atom stereocenters. The fourth-order valence-electron chi connectivity index (χ4n) is 2.56. The molecule has 0 aromatic heterocycles. The zero-order valence-corrected chi connectivity index (χ0v) is 17.3. The Hall–Kier alpha value is -1.59. The lowest BCUT2D eigenvalue weighted by atomic mass is 10.1. The molecule has 0 unspecified atom stereocenters. The van der Waals surface area contributed by atoms with E-state index in [9.17, 15) is 8.42 Å². The van der Waals surface area contributed by atoms with Crippen molar-refractivity contribution < 1.29 is 13.2 Å². The molecule has 0 saturated carbocycles. The highest BCUT2D eigenvalue weighted by Gasteiger charge is 2.11. The van der Waals surface area contributed by atoms with Crippen molar-refractivity contribution in [2.45, 2.75) is 18.2 Å². The second-order valence-electron chi connectivity index (χ2n) is 6.10. The van der Waals surface area contributed by atoms with E-state index in [0.29, 0.717) is 10.8 Å². The predicted octanol–water partition coefficient (Wildman–Crippen LogP) is 0.505. The van der Waals surface area contributed by atoms with Crippen molar-refractivity contribution in [3.8, 4) is 0 Å². The van der Waals surface area contributed by atoms with Crippen molar-refractivity contribution in [3.63, 3.8) is 0 Å². The Morgan fingerprint density at radius 1 is 1.26 bits per heavy atom. The van der Waals surface area contributed by atoms with Crippen LogP contribution in [0, 0.1) is 0 Å². The van der Waals surface area contributed by atoms with Crippen LogP contribution >= 0.6 is 12.2 Å². The number of hydrazone groups is 1. The molecule has 0 spiro atoms. The van der Waals surface area contributed by atoms with E-state index in [0.717, 1.165) is 51.4 Å². The highest BCUT2D eigenvalue weighted by Crippen LogP contribution is 2.10. The Morgan fingerprint density at radius 3 is 2.56 bits per heavy atom. The molecule has 1 aliphatic heterocycles. The van der Waals surface area contributed by atoms with Crippen LogP contribution in [0.3, 0.4) is 0 Å². The molecule has 0 bridgehead atoms. The average molecular weight is 414 g/mol. The Bertz CT molecular complexity index is 744. The van der Waals surface area contributed by atoms with Crippen molar-refractivity contribution in [1.29, 1.82) is 0 Å². The van der Waals surface area contributed by atoms with Crippen LogP contribution in [0.25, 0.3) is 0 Å². The molecule has 0 radical (unpaired) electrons. The molecule has 27 heavy (non-hydrogen) atoms. The second kappa shape index (κ2) is 10.7. The lowest BCUT2D eigenvalue weighted by Gasteiger charge is -2.26. The van der Waals surface area contributed by atoms with E-state index in [2.05, 4.69) is 25.5 Å². The maximum atomic E-state index is 11.7. The van der Waals surface area contributed by atoms with E-state index >= 15 is 0 Å². The number of benzene rings is 1. The Kier molecular flexibility index (Phi) is 8.58. The van der Waals surface area contributed by atoms with Gasteiger partial charge in [-0.1, -0.05) is 12.1 Å². The molecule has 10 heteroatoms. The van der Waals surface area contributed by atoms with Crippen LogP contribution in [0.4, 0.5) is 0 Å². The largest absolute Gasteiger partial charge is 0.379 e. The lowest BCUT2D eigenvalue weighted by Crippen LogP contribution is -2.39. The van der Waals surface area contributed by atoms with Gasteiger partial charge in [0.25, 0.3) is 0 Å². The SMILES string of the molecule is CNS(=O)(=O)c1ccc(/C(C)=N\NC(=S)NCCCN2CCOCC2)cc1. The molecule has 1 aromatic carbocycles. The number of nitrogens with one attached hydrogen (secondary N) is 3. The van der Waals surface area contributed by atoms with Crippen LogP contribution < -0.4 is 15.5 Å². The van der Waals surface area contributed by atoms with Crippen LogP contribution in [0.15, 0.2) is 34.3 Å². The van der Waals surface area contributed by atoms with Crippen LogP contribution in [0.2, 0.25) is 0 Å². The van der Waals surface area contributed by atoms with Gasteiger partial charge < -0.3 is 10.1 Å². The van der Waals surface area contributed by atoms with E-state index < -0.39 is 10.0 Å². The van der Waals surface area contributed by atoms with Crippen LogP contribution in [0.5, 0.6) is 0 Å². The number of morpholine rings is 1. The first kappa shape index (κ1) is 21.7. The zero-order chi connectivity index (χ0) is 19.7. The zero-order valence-electron chi connectivity index (χ0n) is 15.7. The number of hydrogen-bond acceptors (Lipinski definition) is 6. The standard InChI is InChI=1S/C17H27N5O3S2/c1-14(15-4-6-16(7-5-15)27(23,24)18-2)20-21-17(26)19-8-3-9-22-10-12-25-13-11-22/h4-7,18H,3,8-13H2,1-2H3,(H2,19,21,26)/b20-14-. The fourth-order valence-corrected chi connectivity index (χ4v) is 3.44. The first-order valence-electron chi connectivity index (χ1n) is 8.84. The summed E-state index contributed by atoms with van der Waals surface area (Å²) in [5, 5.41) is 7.84. The molecule has 2 rings (SSSR count). The molecule has 0 amide bonds. The summed E-state index contributed by atoms with van der Waals surface area (Å²) in [6, 6.07) is 6.51. The third-order valence-corrected chi connectivity index (χ3v) is 5.88. The monoisotopic (exact) mass is 413 g/mol. The van der Waals surface area contributed by atoms with Crippen molar-refractivity contribution >= 4 is 33.1 Å². The quantitative estimate of drug-likeness (QED) is 0.247. The van der Waals surface area contributed by atoms with Gasteiger partial charge in [0.1, 0.15) is 0 Å². The minimum absolute atomic E-state index is 0.215. The third kappa shape index (κ3) is 7.15. The summed E-state index contributed by atoms with van der Waals surface area (Å²) in [5.41, 5.74) is 4.34. The van der Waals surface area contributed by atoms with Crippen LogP contribution in [0.1, 0.15) is 18.9 Å². The highest BCUT2D eigenvalue weighted by atomic mass is 32.2. The number of hydrogen-bond donors (Lipinski definition) is 3. The van der Waals surface area contributed by atoms with Crippen molar-refractivity contribution in [2.75, 3.05) is 46.4 Å². The van der Waals surface area contributed by atoms with Gasteiger partial charge in [-0.15, -0.1) is 0 Å². The van der Waals surface area contributed by atoms with Gasteiger partial charge in [0.15, 0.2) is 5.11 Å². The van der Waals surface area contributed by atoms with Gasteiger partial charge >= 0.3 is 0 Å². The normalized spacial score (nSPS) is 16.1. The van der Waals surface area contributed by atoms with Crippen molar-refractivity contribution in [3.05, 3.63) is 29.8 Å². The third-order valence-electron chi connectivity index (χ3n) is 4.22. The van der Waals surface area contributed by atoms with Gasteiger partial charge in [0.05, 0.1) is 23.8 Å². The maximum absolute atomic E-state index is 11.7. The van der Waals surface area contributed by atoms with Crippen molar-refractivity contribution in [2.24, 2.45) is 5.10 Å². The van der Waals surface area contributed by atoms with E-state index in [1.165, 1.54) is 7.05 Å². The summed E-state index contributed by atoms with van der Waals surface area (Å²) in [4.78, 5) is 2.59. The summed E-state index contributed by atoms with van der Waals surface area (Å²) in [7, 11) is -2.05. The van der Waals surface area contributed by atoms with Gasteiger partial charge in [-0.3, -0.25) is 10.3 Å². The summed E-state index contributed by atoms with van der Waals surface area (Å²) < 4.78 is 31.1. The van der Waals surface area contributed by atoms with Crippen LogP contribution in [-0.4, -0.2) is 70.6 Å². The Morgan fingerprint density at radius 2 is 1.93 bits per heavy atom. The Balaban J connectivity index is 1.74. The van der Waals surface area contributed by atoms with Gasteiger partial charge in [-0.25, -0.2) is 13.1 Å². The molecule has 150 valence electrons. The molecule has 1 saturated heterocycles. The van der Waals surface area contributed by atoms with Crippen LogP contribution in [-0.2, 0) is 14.8 Å². The smallest absolute Gasteiger partial charge is 0.240 e. The number of sulfonamides is 1. The number of ether oxygens (including phenoxy) is 1. The van der Waals surface area contributed by atoms with E-state index in [1.807, 2.05) is 6.92 Å². The average Bonchev–Trinajstić information content (AvgIpc) is 2.70. The van der Waals surface area contributed by atoms with E-state index in [1.54, 1.807) is 24.3 Å². The van der Waals surface area contributed by atoms with Gasteiger partial charge in [0, 0.05) is 19.6 Å². The topological polar surface area (TPSA) is 95.1 Å². The second-order valence-corrected chi connectivity index (χ2v) is 8.40.